The Kier molecular flexibility index (Phi) is 4.20. The van der Waals surface area contributed by atoms with E-state index in [9.17, 15) is 13.2 Å². The lowest BCUT2D eigenvalue weighted by Crippen LogP contribution is -2.43. The van der Waals surface area contributed by atoms with Gasteiger partial charge in [0.1, 0.15) is 14.8 Å². The molecule has 0 aromatic carbocycles. The minimum absolute atomic E-state index is 0.0126. The van der Waals surface area contributed by atoms with E-state index in [1.165, 1.54) is 0 Å². The maximum atomic E-state index is 12.1. The Labute approximate surface area is 132 Å². The molecule has 1 fully saturated rings. The summed E-state index contributed by atoms with van der Waals surface area (Å²) < 4.78 is 24.1. The molecule has 0 spiro atoms. The minimum atomic E-state index is -3.53. The van der Waals surface area contributed by atoms with Crippen molar-refractivity contribution in [3.8, 4) is 0 Å². The Morgan fingerprint density at radius 3 is 2.48 bits per heavy atom. The number of nitrogens with two attached hydrogens (primary N) is 2. The Bertz CT molecular complexity index is 679. The number of hydrogen-bond acceptors (Lipinski definition) is 7. The van der Waals surface area contributed by atoms with Crippen molar-refractivity contribution < 1.29 is 13.2 Å². The first-order chi connectivity index (χ1) is 9.53. The Morgan fingerprint density at radius 1 is 1.38 bits per heavy atom. The molecule has 2 heterocycles. The number of rotatable bonds is 3. The number of anilines is 2. The molecule has 1 aromatic rings. The summed E-state index contributed by atoms with van der Waals surface area (Å²) in [5.41, 5.74) is 11.1. The number of carbonyl (C=O) groups excluding carboxylic acids is 1. The molecule has 1 saturated heterocycles. The Hall–Kier alpha value is -0.930. The number of sulfone groups is 1. The summed E-state index contributed by atoms with van der Waals surface area (Å²) in [6, 6.07) is 0. The van der Waals surface area contributed by atoms with Gasteiger partial charge in [-0.1, -0.05) is 0 Å². The molecule has 4 N–H and O–H groups in total. The lowest BCUT2D eigenvalue weighted by Gasteiger charge is -2.38. The van der Waals surface area contributed by atoms with Crippen LogP contribution in [0.5, 0.6) is 0 Å². The van der Waals surface area contributed by atoms with Gasteiger partial charge in [0.25, 0.3) is 5.91 Å². The third kappa shape index (κ3) is 3.29. The van der Waals surface area contributed by atoms with Crippen LogP contribution in [0.2, 0.25) is 0 Å². The first-order valence-electron chi connectivity index (χ1n) is 6.34. The molecule has 0 radical (unpaired) electrons. The summed E-state index contributed by atoms with van der Waals surface area (Å²) >= 11 is 2.91. The van der Waals surface area contributed by atoms with Crippen molar-refractivity contribution in [2.24, 2.45) is 5.73 Å². The van der Waals surface area contributed by atoms with Crippen LogP contribution in [0.4, 0.5) is 10.7 Å². The van der Waals surface area contributed by atoms with Crippen LogP contribution in [-0.4, -0.2) is 44.2 Å². The molecular weight excluding hydrogens is 330 g/mol. The number of carbonyl (C=O) groups is 1. The average Bonchev–Trinajstić information content (AvgIpc) is 2.65. The molecular formula is C12H19N3O3S3. The van der Waals surface area contributed by atoms with E-state index in [2.05, 4.69) is 13.8 Å². The average molecular weight is 350 g/mol. The lowest BCUT2D eigenvalue weighted by molar-refractivity contribution is 0.100. The summed E-state index contributed by atoms with van der Waals surface area (Å²) in [6.45, 7) is 5.62. The molecule has 0 atom stereocenters. The summed E-state index contributed by atoms with van der Waals surface area (Å²) in [6.07, 6.45) is 1.10. The van der Waals surface area contributed by atoms with E-state index in [0.717, 1.165) is 29.9 Å². The maximum absolute atomic E-state index is 12.1. The fraction of sp³-hybridized carbons (Fsp3) is 0.583. The molecule has 21 heavy (non-hydrogen) atoms. The van der Waals surface area contributed by atoms with Gasteiger partial charge in [0, 0.05) is 29.8 Å². The number of primary amides is 1. The number of nitrogens with zero attached hydrogens (tertiary/aromatic N) is 1. The van der Waals surface area contributed by atoms with Crippen LogP contribution in [-0.2, 0) is 9.84 Å². The number of thioether (sulfide) groups is 1. The smallest absolute Gasteiger partial charge is 0.261 e. The van der Waals surface area contributed by atoms with Gasteiger partial charge in [0.05, 0.1) is 5.69 Å². The highest BCUT2D eigenvalue weighted by Crippen LogP contribution is 2.43. The zero-order valence-electron chi connectivity index (χ0n) is 12.2. The zero-order valence-corrected chi connectivity index (χ0v) is 14.6. The van der Waals surface area contributed by atoms with Crippen LogP contribution in [0, 0.1) is 0 Å². The second-order valence-corrected chi connectivity index (χ2v) is 10.4. The van der Waals surface area contributed by atoms with Gasteiger partial charge in [-0.25, -0.2) is 8.42 Å². The third-order valence-electron chi connectivity index (χ3n) is 3.19. The van der Waals surface area contributed by atoms with Gasteiger partial charge < -0.3 is 16.4 Å². The fourth-order valence-corrected chi connectivity index (χ4v) is 6.05. The van der Waals surface area contributed by atoms with Crippen LogP contribution in [0.15, 0.2) is 4.90 Å². The van der Waals surface area contributed by atoms with E-state index < -0.39 is 15.7 Å². The van der Waals surface area contributed by atoms with Gasteiger partial charge in [-0.2, -0.15) is 11.8 Å². The zero-order chi connectivity index (χ0) is 16.0. The largest absolute Gasteiger partial charge is 0.396 e. The molecule has 2 rings (SSSR count). The number of hydrogen-bond donors (Lipinski definition) is 2. The lowest BCUT2D eigenvalue weighted by atomic mass is 10.2. The van der Waals surface area contributed by atoms with Crippen molar-refractivity contribution in [1.29, 1.82) is 0 Å². The molecule has 0 saturated carbocycles. The molecule has 0 aliphatic carbocycles. The van der Waals surface area contributed by atoms with Crippen molar-refractivity contribution in [2.75, 3.05) is 35.7 Å². The van der Waals surface area contributed by atoms with E-state index >= 15 is 0 Å². The highest BCUT2D eigenvalue weighted by atomic mass is 32.2. The van der Waals surface area contributed by atoms with E-state index in [-0.39, 0.29) is 20.2 Å². The van der Waals surface area contributed by atoms with E-state index in [0.29, 0.717) is 11.5 Å². The van der Waals surface area contributed by atoms with Crippen molar-refractivity contribution >= 4 is 49.5 Å². The van der Waals surface area contributed by atoms with E-state index in [4.69, 9.17) is 11.5 Å². The summed E-state index contributed by atoms with van der Waals surface area (Å²) in [7, 11) is -3.53. The SMILES string of the molecule is CC1(C)CN(c2sc(C(N)=O)c(N)c2S(C)(=O)=O)CCS1. The van der Waals surface area contributed by atoms with Crippen LogP contribution < -0.4 is 16.4 Å². The third-order valence-corrected chi connectivity index (χ3v) is 7.05. The molecule has 1 aromatic heterocycles. The molecule has 6 nitrogen and oxygen atoms in total. The van der Waals surface area contributed by atoms with Crippen LogP contribution in [0.1, 0.15) is 23.5 Å². The monoisotopic (exact) mass is 349 g/mol. The fourth-order valence-electron chi connectivity index (χ4n) is 2.36. The van der Waals surface area contributed by atoms with Crippen LogP contribution >= 0.6 is 23.1 Å². The maximum Gasteiger partial charge on any atom is 0.261 e. The Balaban J connectivity index is 2.58. The Morgan fingerprint density at radius 2 is 2.00 bits per heavy atom. The first kappa shape index (κ1) is 16.4. The normalized spacial score (nSPS) is 18.7. The quantitative estimate of drug-likeness (QED) is 0.848. The standard InChI is InChI=1S/C12H19N3O3S3/c1-12(2)6-15(4-5-19-12)11-9(21(3,17)18)7(13)8(20-11)10(14)16/h4-6,13H2,1-3H3,(H2,14,16). The van der Waals surface area contributed by atoms with Gasteiger partial charge in [-0.15, -0.1) is 11.3 Å². The molecule has 1 aliphatic heterocycles. The number of amides is 1. The molecule has 118 valence electrons. The van der Waals surface area contributed by atoms with Crippen molar-refractivity contribution in [3.63, 3.8) is 0 Å². The second-order valence-electron chi connectivity index (χ2n) is 5.65. The molecule has 1 amide bonds. The van der Waals surface area contributed by atoms with Crippen molar-refractivity contribution in [1.82, 2.24) is 0 Å². The van der Waals surface area contributed by atoms with Crippen LogP contribution in [0.25, 0.3) is 0 Å². The van der Waals surface area contributed by atoms with Gasteiger partial charge in [0.15, 0.2) is 9.84 Å². The summed E-state index contributed by atoms with van der Waals surface area (Å²) in [5, 5.41) is 0.525. The molecule has 1 aliphatic rings. The number of thiophene rings is 1. The summed E-state index contributed by atoms with van der Waals surface area (Å²) in [4.78, 5) is 13.6. The topological polar surface area (TPSA) is 106 Å². The minimum Gasteiger partial charge on any atom is -0.396 e. The second kappa shape index (κ2) is 5.36. The predicted molar refractivity (Wildman–Crippen MR) is 89.1 cm³/mol. The van der Waals surface area contributed by atoms with Crippen molar-refractivity contribution in [2.45, 2.75) is 23.5 Å². The first-order valence-corrected chi connectivity index (χ1v) is 10.0. The molecule has 9 heteroatoms. The van der Waals surface area contributed by atoms with E-state index in [1.54, 1.807) is 0 Å². The number of nitrogen functional groups attached to an aromatic ring is 1. The van der Waals surface area contributed by atoms with Gasteiger partial charge in [-0.05, 0) is 13.8 Å². The van der Waals surface area contributed by atoms with Gasteiger partial charge in [-0.3, -0.25) is 4.79 Å². The van der Waals surface area contributed by atoms with Crippen molar-refractivity contribution in [3.05, 3.63) is 4.88 Å². The molecule has 0 bridgehead atoms. The van der Waals surface area contributed by atoms with E-state index in [1.807, 2.05) is 16.7 Å². The predicted octanol–water partition coefficient (Wildman–Crippen LogP) is 1.16. The molecule has 0 unspecified atom stereocenters. The summed E-state index contributed by atoms with van der Waals surface area (Å²) in [5.74, 6) is 0.194. The van der Waals surface area contributed by atoms with Gasteiger partial charge in [0.2, 0.25) is 0 Å². The highest BCUT2D eigenvalue weighted by molar-refractivity contribution is 8.00. The highest BCUT2D eigenvalue weighted by Gasteiger charge is 2.34. The van der Waals surface area contributed by atoms with Gasteiger partial charge >= 0.3 is 0 Å². The van der Waals surface area contributed by atoms with Crippen LogP contribution in [0.3, 0.4) is 0 Å².